The van der Waals surface area contributed by atoms with Crippen LogP contribution in [-0.4, -0.2) is 42.8 Å². The van der Waals surface area contributed by atoms with E-state index in [1.54, 1.807) is 0 Å². The van der Waals surface area contributed by atoms with Crippen molar-refractivity contribution in [1.82, 2.24) is 4.90 Å². The Morgan fingerprint density at radius 1 is 0.771 bits per heavy atom. The van der Waals surface area contributed by atoms with Crippen LogP contribution >= 0.6 is 20.8 Å². The van der Waals surface area contributed by atoms with Gasteiger partial charge in [-0.05, 0) is 0 Å². The van der Waals surface area contributed by atoms with Crippen LogP contribution in [-0.2, 0) is 9.53 Å². The number of esters is 1. The number of halogens is 1. The van der Waals surface area contributed by atoms with Crippen LogP contribution in [0.3, 0.4) is 0 Å². The molecule has 3 aromatic carbocycles. The average Bonchev–Trinajstić information content (AvgIpc) is 2.86. The molecule has 0 aromatic heterocycles. The van der Waals surface area contributed by atoms with E-state index in [1.165, 1.54) is 15.9 Å². The predicted octanol–water partition coefficient (Wildman–Crippen LogP) is 6.27. The number of unbranched alkanes of at least 4 members (excludes halogenated alkanes) is 1. The van der Waals surface area contributed by atoms with Crippen LogP contribution in [0.25, 0.3) is 0 Å². The maximum absolute atomic E-state index is 12.0. The van der Waals surface area contributed by atoms with Gasteiger partial charge in [0.1, 0.15) is 0 Å². The Morgan fingerprint density at radius 3 is 1.60 bits per heavy atom. The summed E-state index contributed by atoms with van der Waals surface area (Å²) in [4.78, 5) is 14.4. The second-order valence-corrected chi connectivity index (χ2v) is 19.3. The van der Waals surface area contributed by atoms with Gasteiger partial charge < -0.3 is 0 Å². The van der Waals surface area contributed by atoms with E-state index < -0.39 is 10.9 Å². The summed E-state index contributed by atoms with van der Waals surface area (Å²) in [7, 11) is 2.18. The summed E-state index contributed by atoms with van der Waals surface area (Å²) in [5, 5.41) is 1.13. The second-order valence-electron chi connectivity index (χ2n) is 10.3. The average molecular weight is 557 g/mol. The van der Waals surface area contributed by atoms with Crippen LogP contribution in [0.4, 0.5) is 0 Å². The quantitative estimate of drug-likeness (QED) is 0.158. The molecule has 0 radical (unpaired) electrons. The van der Waals surface area contributed by atoms with Crippen molar-refractivity contribution in [2.75, 3.05) is 26.3 Å². The van der Waals surface area contributed by atoms with Crippen molar-refractivity contribution >= 4 is 42.7 Å². The fraction of sp³-hybridized carbons (Fsp3) is 0.367. The number of ether oxygens (including phenoxy) is 1. The monoisotopic (exact) mass is 555 g/mol. The van der Waals surface area contributed by atoms with Crippen LogP contribution < -0.4 is 15.9 Å². The van der Waals surface area contributed by atoms with Crippen molar-refractivity contribution in [3.63, 3.8) is 0 Å². The summed E-state index contributed by atoms with van der Waals surface area (Å²) < 4.78 is 5.44. The molecule has 3 aromatic rings. The molecule has 0 unspecified atom stereocenters. The molecule has 35 heavy (non-hydrogen) atoms. The first-order valence-corrected chi connectivity index (χ1v) is 16.9. The van der Waals surface area contributed by atoms with Gasteiger partial charge in [0.2, 0.25) is 0 Å². The molecule has 0 spiro atoms. The summed E-state index contributed by atoms with van der Waals surface area (Å²) in [6.45, 7) is 7.62. The summed E-state index contributed by atoms with van der Waals surface area (Å²) in [6.07, 6.45) is 3.26. The second kappa shape index (κ2) is 11.8. The summed E-state index contributed by atoms with van der Waals surface area (Å²) in [6, 6.07) is 32.7. The van der Waals surface area contributed by atoms with Gasteiger partial charge in [-0.15, -0.1) is 0 Å². The first-order chi connectivity index (χ1) is 16.6. The number of benzene rings is 3. The van der Waals surface area contributed by atoms with Gasteiger partial charge in [-0.2, -0.15) is 0 Å². The Morgan fingerprint density at radius 2 is 1.20 bits per heavy atom. The molecule has 3 rings (SSSR count). The third-order valence-corrected chi connectivity index (χ3v) is 16.3. The molecule has 3 nitrogen and oxygen atoms in total. The van der Waals surface area contributed by atoms with Crippen LogP contribution in [0.1, 0.15) is 40.0 Å². The zero-order valence-electron chi connectivity index (χ0n) is 21.5. The van der Waals surface area contributed by atoms with Crippen molar-refractivity contribution < 1.29 is 9.53 Å². The molecule has 0 saturated carbocycles. The molecule has 0 amide bonds. The van der Waals surface area contributed by atoms with Gasteiger partial charge in [0.25, 0.3) is 0 Å². The molecule has 0 atom stereocenters. The molecule has 0 aliphatic heterocycles. The Balaban J connectivity index is 1.81. The standard InChI is InChI=1S/C30H39BrNO2P/c1-30(2,3)34-29(33)22-14-15-23-32(4)24-25-35(31,26-16-8-5-9-17-26,27-18-10-6-11-19-27)28-20-12-7-13-21-28/h5-13,16-21H,14-15,22-25H2,1-4H3. The van der Waals surface area contributed by atoms with Crippen LogP contribution in [0.5, 0.6) is 0 Å². The summed E-state index contributed by atoms with van der Waals surface area (Å²) >= 11 is 4.52. The topological polar surface area (TPSA) is 29.5 Å². The SMILES string of the molecule is CN(CCCCC(=O)OC(C)(C)C)CCP(Br)(c1ccccc1)(c1ccccc1)c1ccccc1. The normalized spacial score (nSPS) is 13.3. The molecular weight excluding hydrogens is 517 g/mol. The molecule has 0 N–H and O–H groups in total. The maximum atomic E-state index is 12.0. The zero-order chi connectivity index (χ0) is 25.4. The molecule has 0 aliphatic rings. The van der Waals surface area contributed by atoms with Gasteiger partial charge in [-0.3, -0.25) is 0 Å². The van der Waals surface area contributed by atoms with Gasteiger partial charge in [-0.25, -0.2) is 0 Å². The van der Waals surface area contributed by atoms with Crippen molar-refractivity contribution in [2.45, 2.75) is 45.6 Å². The minimum atomic E-state index is -2.90. The number of nitrogens with zero attached hydrogens (tertiary/aromatic N) is 1. The Hall–Kier alpha value is -2.00. The van der Waals surface area contributed by atoms with Crippen LogP contribution in [0.15, 0.2) is 91.0 Å². The molecule has 0 heterocycles. The van der Waals surface area contributed by atoms with E-state index in [1.807, 2.05) is 20.8 Å². The molecule has 0 saturated heterocycles. The van der Waals surface area contributed by atoms with Crippen LogP contribution in [0, 0.1) is 0 Å². The van der Waals surface area contributed by atoms with Crippen LogP contribution in [0.2, 0.25) is 0 Å². The molecule has 0 bridgehead atoms. The van der Waals surface area contributed by atoms with Crippen molar-refractivity contribution in [3.8, 4) is 0 Å². The fourth-order valence-electron chi connectivity index (χ4n) is 4.56. The molecule has 5 heteroatoms. The Labute approximate surface area is 219 Å². The molecular formula is C30H39BrNO2P. The van der Waals surface area contributed by atoms with E-state index >= 15 is 0 Å². The van der Waals surface area contributed by atoms with E-state index in [0.29, 0.717) is 6.42 Å². The molecule has 0 fully saturated rings. The Kier molecular flexibility index (Phi) is 9.32. The first-order valence-electron chi connectivity index (χ1n) is 12.4. The molecule has 188 valence electrons. The van der Waals surface area contributed by atoms with E-state index in [0.717, 1.165) is 32.1 Å². The van der Waals surface area contributed by atoms with Gasteiger partial charge in [0.15, 0.2) is 0 Å². The predicted molar refractivity (Wildman–Crippen MR) is 156 cm³/mol. The number of rotatable bonds is 11. The van der Waals surface area contributed by atoms with E-state index in [-0.39, 0.29) is 5.97 Å². The van der Waals surface area contributed by atoms with Crippen molar-refractivity contribution in [3.05, 3.63) is 91.0 Å². The van der Waals surface area contributed by atoms with E-state index in [2.05, 4.69) is 118 Å². The summed E-state index contributed by atoms with van der Waals surface area (Å²) in [5.74, 6) is -0.109. The van der Waals surface area contributed by atoms with Gasteiger partial charge in [-0.1, -0.05) is 0 Å². The number of hydrogen-bond donors (Lipinski definition) is 0. The number of hydrogen-bond acceptors (Lipinski definition) is 3. The van der Waals surface area contributed by atoms with Gasteiger partial charge in [0.05, 0.1) is 0 Å². The third-order valence-electron chi connectivity index (χ3n) is 6.38. The summed E-state index contributed by atoms with van der Waals surface area (Å²) in [5.41, 5.74) is -0.419. The first kappa shape index (κ1) is 27.6. The van der Waals surface area contributed by atoms with Gasteiger partial charge in [0, 0.05) is 0 Å². The van der Waals surface area contributed by atoms with E-state index in [9.17, 15) is 4.79 Å². The number of carbonyl (C=O) groups excluding carboxylic acids is 1. The Bertz CT molecular complexity index is 968. The number of carbonyl (C=O) groups is 1. The van der Waals surface area contributed by atoms with Crippen molar-refractivity contribution in [2.24, 2.45) is 0 Å². The van der Waals surface area contributed by atoms with Gasteiger partial charge >= 0.3 is 220 Å². The minimum absolute atomic E-state index is 0.109. The van der Waals surface area contributed by atoms with Crippen molar-refractivity contribution in [1.29, 1.82) is 0 Å². The zero-order valence-corrected chi connectivity index (χ0v) is 24.0. The fourth-order valence-corrected chi connectivity index (χ4v) is 11.9. The molecule has 0 aliphatic carbocycles. The van der Waals surface area contributed by atoms with E-state index in [4.69, 9.17) is 4.74 Å². The third kappa shape index (κ3) is 6.82.